The van der Waals surface area contributed by atoms with Gasteiger partial charge in [-0.15, -0.1) is 11.8 Å². The van der Waals surface area contributed by atoms with Gasteiger partial charge in [0.05, 0.1) is 5.75 Å². The van der Waals surface area contributed by atoms with E-state index in [0.29, 0.717) is 22.1 Å². The van der Waals surface area contributed by atoms with Gasteiger partial charge in [0.25, 0.3) is 0 Å². The Labute approximate surface area is 120 Å². The first-order chi connectivity index (χ1) is 9.16. The molecule has 0 radical (unpaired) electrons. The highest BCUT2D eigenvalue weighted by atomic mass is 35.5. The Morgan fingerprint density at radius 3 is 2.47 bits per heavy atom. The van der Waals surface area contributed by atoms with E-state index in [1.807, 2.05) is 24.3 Å². The third-order valence-electron chi connectivity index (χ3n) is 2.61. The van der Waals surface area contributed by atoms with Crippen molar-refractivity contribution < 1.29 is 9.18 Å². The minimum atomic E-state index is -0.333. The van der Waals surface area contributed by atoms with Crippen molar-refractivity contribution in [1.29, 1.82) is 0 Å². The maximum absolute atomic E-state index is 12.7. The summed E-state index contributed by atoms with van der Waals surface area (Å²) >= 11 is 7.53. The molecule has 98 valence electrons. The van der Waals surface area contributed by atoms with Gasteiger partial charge in [-0.2, -0.15) is 0 Å². The van der Waals surface area contributed by atoms with Crippen LogP contribution >= 0.6 is 23.4 Å². The van der Waals surface area contributed by atoms with E-state index in [1.165, 1.54) is 36.0 Å². The molecule has 0 aliphatic rings. The lowest BCUT2D eigenvalue weighted by molar-refractivity contribution is 0.102. The van der Waals surface area contributed by atoms with Gasteiger partial charge in [0.2, 0.25) is 0 Å². The second-order valence-corrected chi connectivity index (χ2v) is 5.41. The van der Waals surface area contributed by atoms with Crippen molar-refractivity contribution in [3.63, 3.8) is 0 Å². The molecule has 0 aliphatic heterocycles. The van der Waals surface area contributed by atoms with Crippen molar-refractivity contribution in [2.75, 3.05) is 5.75 Å². The molecule has 2 aromatic rings. The van der Waals surface area contributed by atoms with Crippen molar-refractivity contribution in [2.45, 2.75) is 5.75 Å². The molecule has 0 spiro atoms. The Morgan fingerprint density at radius 1 is 1.11 bits per heavy atom. The number of thioether (sulfide) groups is 1. The number of carbonyl (C=O) groups excluding carboxylic acids is 1. The number of hydrogen-bond acceptors (Lipinski definition) is 2. The zero-order valence-electron chi connectivity index (χ0n) is 10.1. The Balaban J connectivity index is 1.88. The smallest absolute Gasteiger partial charge is 0.172 e. The Morgan fingerprint density at radius 2 is 1.79 bits per heavy atom. The van der Waals surface area contributed by atoms with Gasteiger partial charge in [-0.05, 0) is 35.9 Å². The zero-order valence-corrected chi connectivity index (χ0v) is 11.7. The number of benzene rings is 2. The quantitative estimate of drug-likeness (QED) is 0.750. The molecule has 0 saturated heterocycles. The summed E-state index contributed by atoms with van der Waals surface area (Å²) in [5.41, 5.74) is 1.55. The highest BCUT2D eigenvalue weighted by Crippen LogP contribution is 2.21. The summed E-state index contributed by atoms with van der Waals surface area (Å²) in [4.78, 5) is 11.9. The summed E-state index contributed by atoms with van der Waals surface area (Å²) in [6.45, 7) is 0. The van der Waals surface area contributed by atoms with Crippen LogP contribution in [0.15, 0.2) is 48.5 Å². The van der Waals surface area contributed by atoms with Crippen molar-refractivity contribution >= 4 is 29.1 Å². The van der Waals surface area contributed by atoms with Crippen LogP contribution in [0.1, 0.15) is 15.9 Å². The van der Waals surface area contributed by atoms with Gasteiger partial charge in [-0.25, -0.2) is 4.39 Å². The molecule has 19 heavy (non-hydrogen) atoms. The third-order valence-corrected chi connectivity index (χ3v) is 3.96. The largest absolute Gasteiger partial charge is 0.293 e. The first-order valence-electron chi connectivity index (χ1n) is 5.77. The number of ketones is 1. The molecule has 4 heteroatoms. The van der Waals surface area contributed by atoms with Gasteiger partial charge in [0.1, 0.15) is 5.82 Å². The van der Waals surface area contributed by atoms with Crippen LogP contribution in [0.25, 0.3) is 0 Å². The van der Waals surface area contributed by atoms with Crippen LogP contribution < -0.4 is 0 Å². The normalized spacial score (nSPS) is 10.4. The van der Waals surface area contributed by atoms with Gasteiger partial charge in [0, 0.05) is 16.3 Å². The lowest BCUT2D eigenvalue weighted by atomic mass is 10.1. The van der Waals surface area contributed by atoms with Crippen molar-refractivity contribution in [3.05, 3.63) is 70.5 Å². The Kier molecular flexibility index (Phi) is 5.00. The lowest BCUT2D eigenvalue weighted by Crippen LogP contribution is -2.02. The van der Waals surface area contributed by atoms with E-state index in [9.17, 15) is 9.18 Å². The van der Waals surface area contributed by atoms with Crippen LogP contribution in [-0.4, -0.2) is 11.5 Å². The fraction of sp³-hybridized carbons (Fsp3) is 0.133. The van der Waals surface area contributed by atoms with E-state index >= 15 is 0 Å². The van der Waals surface area contributed by atoms with Crippen LogP contribution in [0, 0.1) is 5.82 Å². The third kappa shape index (κ3) is 4.08. The van der Waals surface area contributed by atoms with Crippen molar-refractivity contribution in [3.8, 4) is 0 Å². The minimum absolute atomic E-state index is 0.00273. The first kappa shape index (κ1) is 14.1. The molecule has 1 nitrogen and oxygen atoms in total. The average molecular weight is 295 g/mol. The highest BCUT2D eigenvalue weighted by Gasteiger charge is 2.07. The molecular weight excluding hydrogens is 283 g/mol. The van der Waals surface area contributed by atoms with E-state index < -0.39 is 0 Å². The SMILES string of the molecule is O=C(CSCc1ccccc1Cl)c1ccc(F)cc1. The van der Waals surface area contributed by atoms with Gasteiger partial charge in [-0.1, -0.05) is 29.8 Å². The lowest BCUT2D eigenvalue weighted by Gasteiger charge is -2.04. The molecule has 0 N–H and O–H groups in total. The fourth-order valence-corrected chi connectivity index (χ4v) is 2.80. The van der Waals surface area contributed by atoms with E-state index in [4.69, 9.17) is 11.6 Å². The van der Waals surface area contributed by atoms with Gasteiger partial charge in [0.15, 0.2) is 5.78 Å². The van der Waals surface area contributed by atoms with Crippen LogP contribution in [0.4, 0.5) is 4.39 Å². The molecule has 0 aromatic heterocycles. The summed E-state index contributed by atoms with van der Waals surface area (Å²) in [6.07, 6.45) is 0. The van der Waals surface area contributed by atoms with Crippen LogP contribution in [-0.2, 0) is 5.75 Å². The summed E-state index contributed by atoms with van der Waals surface area (Å²) in [6, 6.07) is 13.2. The van der Waals surface area contributed by atoms with Gasteiger partial charge >= 0.3 is 0 Å². The monoisotopic (exact) mass is 294 g/mol. The fourth-order valence-electron chi connectivity index (χ4n) is 1.59. The number of carbonyl (C=O) groups is 1. The summed E-state index contributed by atoms with van der Waals surface area (Å²) in [5.74, 6) is 0.709. The minimum Gasteiger partial charge on any atom is -0.293 e. The molecule has 0 atom stereocenters. The number of halogens is 2. The average Bonchev–Trinajstić information content (AvgIpc) is 2.41. The predicted molar refractivity (Wildman–Crippen MR) is 78.3 cm³/mol. The maximum atomic E-state index is 12.7. The summed E-state index contributed by atoms with van der Waals surface area (Å²) in [7, 11) is 0. The van der Waals surface area contributed by atoms with Crippen LogP contribution in [0.3, 0.4) is 0 Å². The Bertz CT molecular complexity index is 569. The molecule has 0 heterocycles. The van der Waals surface area contributed by atoms with Crippen molar-refractivity contribution in [2.24, 2.45) is 0 Å². The molecule has 0 amide bonds. The summed E-state index contributed by atoms with van der Waals surface area (Å²) in [5, 5.41) is 0.712. The van der Waals surface area contributed by atoms with Crippen LogP contribution in [0.5, 0.6) is 0 Å². The molecule has 2 rings (SSSR count). The van der Waals surface area contributed by atoms with Crippen molar-refractivity contribution in [1.82, 2.24) is 0 Å². The first-order valence-corrected chi connectivity index (χ1v) is 7.30. The molecule has 0 aliphatic carbocycles. The number of rotatable bonds is 5. The second kappa shape index (κ2) is 6.73. The standard InChI is InChI=1S/C15H12ClFOS/c16-14-4-2-1-3-12(14)9-19-10-15(18)11-5-7-13(17)8-6-11/h1-8H,9-10H2. The maximum Gasteiger partial charge on any atom is 0.172 e. The molecule has 0 unspecified atom stereocenters. The molecular formula is C15H12ClFOS. The van der Waals surface area contributed by atoms with Gasteiger partial charge < -0.3 is 0 Å². The second-order valence-electron chi connectivity index (χ2n) is 4.01. The van der Waals surface area contributed by atoms with Crippen LogP contribution in [0.2, 0.25) is 5.02 Å². The number of hydrogen-bond donors (Lipinski definition) is 0. The highest BCUT2D eigenvalue weighted by molar-refractivity contribution is 7.99. The van der Waals surface area contributed by atoms with E-state index in [2.05, 4.69) is 0 Å². The molecule has 0 bridgehead atoms. The van der Waals surface area contributed by atoms with E-state index in [0.717, 1.165) is 5.56 Å². The van der Waals surface area contributed by atoms with E-state index in [1.54, 1.807) is 0 Å². The van der Waals surface area contributed by atoms with E-state index in [-0.39, 0.29) is 11.6 Å². The molecule has 0 saturated carbocycles. The zero-order chi connectivity index (χ0) is 13.7. The Hall–Kier alpha value is -1.32. The van der Waals surface area contributed by atoms with Gasteiger partial charge in [-0.3, -0.25) is 4.79 Å². The molecule has 2 aromatic carbocycles. The predicted octanol–water partition coefficient (Wildman–Crippen LogP) is 4.60. The summed E-state index contributed by atoms with van der Waals surface area (Å²) < 4.78 is 12.7. The number of Topliss-reactive ketones (excluding diaryl/α,β-unsaturated/α-hetero) is 1. The topological polar surface area (TPSA) is 17.1 Å². The molecule has 0 fully saturated rings.